The Kier molecular flexibility index (Phi) is 6.33. The number of hydrogen-bond donors (Lipinski definition) is 1. The van der Waals surface area contributed by atoms with E-state index in [0.29, 0.717) is 23.9 Å². The van der Waals surface area contributed by atoms with Crippen molar-refractivity contribution in [2.45, 2.75) is 0 Å². The van der Waals surface area contributed by atoms with Crippen molar-refractivity contribution >= 4 is 62.2 Å². The maximum Gasteiger partial charge on any atom is 0.266 e. The monoisotopic (exact) mass is 451 g/mol. The van der Waals surface area contributed by atoms with Crippen LogP contribution in [0.5, 0.6) is 0 Å². The summed E-state index contributed by atoms with van der Waals surface area (Å²) in [7, 11) is 0. The Morgan fingerprint density at radius 1 is 1.38 bits per heavy atom. The summed E-state index contributed by atoms with van der Waals surface area (Å²) in [6.45, 7) is 2.72. The van der Waals surface area contributed by atoms with Gasteiger partial charge in [-0.2, -0.15) is 5.26 Å². The van der Waals surface area contributed by atoms with Gasteiger partial charge in [-0.15, -0.1) is 11.3 Å². The molecule has 8 heteroatoms. The van der Waals surface area contributed by atoms with Gasteiger partial charge in [0.25, 0.3) is 5.91 Å². The summed E-state index contributed by atoms with van der Waals surface area (Å²) in [4.78, 5) is 14.7. The van der Waals surface area contributed by atoms with Gasteiger partial charge in [0, 0.05) is 18.1 Å². The summed E-state index contributed by atoms with van der Waals surface area (Å²) >= 11 is 11.0. The Bertz CT molecular complexity index is 885. The van der Waals surface area contributed by atoms with Crippen LogP contribution in [-0.4, -0.2) is 32.2 Å². The summed E-state index contributed by atoms with van der Waals surface area (Å²) in [6, 6.07) is 9.17. The number of nitrogens with zero attached hydrogens (tertiary/aromatic N) is 2. The highest BCUT2D eigenvalue weighted by molar-refractivity contribution is 9.11. The summed E-state index contributed by atoms with van der Waals surface area (Å²) < 4.78 is 6.32. The highest BCUT2D eigenvalue weighted by Crippen LogP contribution is 2.30. The predicted octanol–water partition coefficient (Wildman–Crippen LogP) is 4.55. The second-order valence-electron chi connectivity index (χ2n) is 5.57. The minimum Gasteiger partial charge on any atom is -0.378 e. The number of anilines is 2. The lowest BCUT2D eigenvalue weighted by Crippen LogP contribution is -2.36. The van der Waals surface area contributed by atoms with Gasteiger partial charge in [-0.3, -0.25) is 4.79 Å². The van der Waals surface area contributed by atoms with Crippen LogP contribution in [0.15, 0.2) is 39.0 Å². The number of halogens is 2. The van der Waals surface area contributed by atoms with Crippen LogP contribution in [0.3, 0.4) is 0 Å². The molecule has 0 radical (unpaired) electrons. The van der Waals surface area contributed by atoms with Crippen LogP contribution in [0.1, 0.15) is 5.56 Å². The maximum atomic E-state index is 12.6. The van der Waals surface area contributed by atoms with Gasteiger partial charge in [0.05, 0.1) is 28.4 Å². The third kappa shape index (κ3) is 4.65. The van der Waals surface area contributed by atoms with E-state index in [9.17, 15) is 10.1 Å². The number of nitriles is 1. The Labute approximate surface area is 169 Å². The van der Waals surface area contributed by atoms with Gasteiger partial charge in [0.15, 0.2) is 0 Å². The van der Waals surface area contributed by atoms with Crippen molar-refractivity contribution in [3.8, 4) is 6.07 Å². The molecule has 1 N–H and O–H groups in total. The number of carbonyl (C=O) groups is 1. The molecule has 3 rings (SSSR count). The van der Waals surface area contributed by atoms with E-state index in [-0.39, 0.29) is 5.57 Å². The second-order valence-corrected chi connectivity index (χ2v) is 8.30. The first-order chi connectivity index (χ1) is 12.6. The summed E-state index contributed by atoms with van der Waals surface area (Å²) in [6.07, 6.45) is 1.57. The number of ether oxygens (including phenoxy) is 1. The molecule has 0 bridgehead atoms. The maximum absolute atomic E-state index is 12.6. The minimum atomic E-state index is -0.466. The number of carbonyl (C=O) groups excluding carboxylic acids is 1. The molecule has 1 aromatic heterocycles. The predicted molar refractivity (Wildman–Crippen MR) is 109 cm³/mol. The number of morpholine rings is 1. The summed E-state index contributed by atoms with van der Waals surface area (Å²) in [5, 5.41) is 14.6. The average Bonchev–Trinajstić information content (AvgIpc) is 3.05. The average molecular weight is 453 g/mol. The van der Waals surface area contributed by atoms with E-state index in [2.05, 4.69) is 26.1 Å². The van der Waals surface area contributed by atoms with E-state index >= 15 is 0 Å². The fraction of sp³-hybridized carbons (Fsp3) is 0.222. The molecule has 1 aromatic carbocycles. The van der Waals surface area contributed by atoms with Crippen molar-refractivity contribution < 1.29 is 9.53 Å². The second kappa shape index (κ2) is 8.69. The number of thiophene rings is 1. The van der Waals surface area contributed by atoms with Crippen molar-refractivity contribution in [2.75, 3.05) is 36.5 Å². The van der Waals surface area contributed by atoms with Crippen LogP contribution in [0, 0.1) is 11.3 Å². The van der Waals surface area contributed by atoms with E-state index in [1.54, 1.807) is 18.2 Å². The topological polar surface area (TPSA) is 65.4 Å². The lowest BCUT2D eigenvalue weighted by molar-refractivity contribution is -0.112. The van der Waals surface area contributed by atoms with Crippen LogP contribution < -0.4 is 10.2 Å². The SMILES string of the molecule is N#C/C(=C\c1csc(Br)c1)C(=O)Nc1cc(Cl)ccc1N1CCOCC1. The van der Waals surface area contributed by atoms with E-state index in [0.717, 1.165) is 28.1 Å². The van der Waals surface area contributed by atoms with E-state index in [1.165, 1.54) is 11.3 Å². The van der Waals surface area contributed by atoms with Crippen LogP contribution in [-0.2, 0) is 9.53 Å². The van der Waals surface area contributed by atoms with Crippen LogP contribution in [0.4, 0.5) is 11.4 Å². The molecule has 0 aliphatic carbocycles. The van der Waals surface area contributed by atoms with Gasteiger partial charge in [-0.1, -0.05) is 11.6 Å². The van der Waals surface area contributed by atoms with Crippen LogP contribution >= 0.6 is 38.9 Å². The Morgan fingerprint density at radius 2 is 2.15 bits per heavy atom. The van der Waals surface area contributed by atoms with E-state index in [1.807, 2.05) is 23.6 Å². The van der Waals surface area contributed by atoms with Crippen molar-refractivity contribution in [3.63, 3.8) is 0 Å². The molecule has 0 spiro atoms. The van der Waals surface area contributed by atoms with Crippen molar-refractivity contribution in [1.82, 2.24) is 0 Å². The molecule has 1 aliphatic rings. The first-order valence-electron chi connectivity index (χ1n) is 7.86. The molecular weight excluding hydrogens is 438 g/mol. The number of amides is 1. The molecule has 0 atom stereocenters. The molecule has 26 heavy (non-hydrogen) atoms. The number of rotatable bonds is 4. The molecule has 1 amide bonds. The van der Waals surface area contributed by atoms with Crippen molar-refractivity contribution in [3.05, 3.63) is 49.6 Å². The fourth-order valence-electron chi connectivity index (χ4n) is 2.59. The molecule has 1 saturated heterocycles. The zero-order valence-corrected chi connectivity index (χ0v) is 16.8. The molecule has 134 valence electrons. The molecule has 0 saturated carbocycles. The normalized spacial score (nSPS) is 14.8. The summed E-state index contributed by atoms with van der Waals surface area (Å²) in [5.41, 5.74) is 2.27. The minimum absolute atomic E-state index is 0.0307. The number of nitrogens with one attached hydrogen (secondary N) is 1. The lowest BCUT2D eigenvalue weighted by atomic mass is 10.1. The molecule has 2 heterocycles. The zero-order chi connectivity index (χ0) is 18.5. The summed E-state index contributed by atoms with van der Waals surface area (Å²) in [5.74, 6) is -0.466. The molecule has 1 aliphatic heterocycles. The molecule has 2 aromatic rings. The van der Waals surface area contributed by atoms with Crippen molar-refractivity contribution in [2.24, 2.45) is 0 Å². The van der Waals surface area contributed by atoms with E-state index < -0.39 is 5.91 Å². The van der Waals surface area contributed by atoms with Gasteiger partial charge < -0.3 is 15.0 Å². The van der Waals surface area contributed by atoms with Gasteiger partial charge in [-0.05, 0) is 57.2 Å². The molecule has 1 fully saturated rings. The van der Waals surface area contributed by atoms with Gasteiger partial charge in [-0.25, -0.2) is 0 Å². The molecular formula is C18H15BrClN3O2S. The Morgan fingerprint density at radius 3 is 2.81 bits per heavy atom. The third-order valence-corrected chi connectivity index (χ3v) is 5.58. The van der Waals surface area contributed by atoms with Crippen LogP contribution in [0.25, 0.3) is 6.08 Å². The van der Waals surface area contributed by atoms with Gasteiger partial charge in [0.1, 0.15) is 11.6 Å². The highest BCUT2D eigenvalue weighted by Gasteiger charge is 2.18. The first-order valence-corrected chi connectivity index (χ1v) is 9.91. The zero-order valence-electron chi connectivity index (χ0n) is 13.7. The van der Waals surface area contributed by atoms with Gasteiger partial charge in [0.2, 0.25) is 0 Å². The van der Waals surface area contributed by atoms with Crippen LogP contribution in [0.2, 0.25) is 5.02 Å². The Balaban J connectivity index is 1.85. The lowest BCUT2D eigenvalue weighted by Gasteiger charge is -2.30. The smallest absolute Gasteiger partial charge is 0.266 e. The first kappa shape index (κ1) is 18.9. The van der Waals surface area contributed by atoms with E-state index in [4.69, 9.17) is 16.3 Å². The standard InChI is InChI=1S/C18H15BrClN3O2S/c19-17-8-12(11-26-17)7-13(10-21)18(24)22-15-9-14(20)1-2-16(15)23-3-5-25-6-4-23/h1-2,7-9,11H,3-6H2,(H,22,24)/b13-7+. The third-order valence-electron chi connectivity index (χ3n) is 3.82. The van der Waals surface area contributed by atoms with Gasteiger partial charge >= 0.3 is 0 Å². The largest absolute Gasteiger partial charge is 0.378 e. The number of benzene rings is 1. The highest BCUT2D eigenvalue weighted by atomic mass is 79.9. The quantitative estimate of drug-likeness (QED) is 0.546. The molecule has 5 nitrogen and oxygen atoms in total. The number of hydrogen-bond acceptors (Lipinski definition) is 5. The van der Waals surface area contributed by atoms with Crippen molar-refractivity contribution in [1.29, 1.82) is 5.26 Å². The Hall–Kier alpha value is -1.85. The molecule has 0 unspecified atom stereocenters. The fourth-order valence-corrected chi connectivity index (χ4v) is 3.90.